The Kier molecular flexibility index (Phi) is 3.54. The number of halogens is 1. The number of sulfonamides is 1. The van der Waals surface area contributed by atoms with Gasteiger partial charge in [0.25, 0.3) is 0 Å². The van der Waals surface area contributed by atoms with E-state index in [2.05, 4.69) is 4.72 Å². The Labute approximate surface area is 142 Å². The van der Waals surface area contributed by atoms with E-state index in [9.17, 15) is 18.6 Å². The molecule has 8 heteroatoms. The highest BCUT2D eigenvalue weighted by molar-refractivity contribution is 7.90. The van der Waals surface area contributed by atoms with E-state index in [-0.39, 0.29) is 10.8 Å². The maximum atomic E-state index is 12.9. The van der Waals surface area contributed by atoms with E-state index in [1.165, 1.54) is 11.3 Å². The number of hydrogen-bond acceptors (Lipinski definition) is 5. The lowest BCUT2D eigenvalue weighted by Crippen LogP contribution is -2.56. The lowest BCUT2D eigenvalue weighted by molar-refractivity contribution is -0.0283. The average molecular weight is 374 g/mol. The molecular weight excluding hydrogens is 358 g/mol. The van der Waals surface area contributed by atoms with Gasteiger partial charge in [0, 0.05) is 20.5 Å². The quantitative estimate of drug-likeness (QED) is 0.769. The lowest BCUT2D eigenvalue weighted by Gasteiger charge is -2.34. The number of aliphatic hydroxyl groups excluding tert-OH is 2. The zero-order valence-corrected chi connectivity index (χ0v) is 14.5. The van der Waals surface area contributed by atoms with Crippen LogP contribution in [0, 0.1) is 5.92 Å². The second-order valence-corrected chi connectivity index (χ2v) is 9.44. The molecule has 0 radical (unpaired) electrons. The van der Waals surface area contributed by atoms with Crippen LogP contribution in [-0.2, 0) is 10.0 Å². The van der Waals surface area contributed by atoms with Crippen molar-refractivity contribution in [3.63, 3.8) is 0 Å². The van der Waals surface area contributed by atoms with Crippen molar-refractivity contribution in [1.82, 2.24) is 4.72 Å². The highest BCUT2D eigenvalue weighted by Crippen LogP contribution is 2.48. The Morgan fingerprint density at radius 2 is 2.13 bits per heavy atom. The van der Waals surface area contributed by atoms with E-state index in [0.717, 1.165) is 11.1 Å². The van der Waals surface area contributed by atoms with Crippen molar-refractivity contribution in [1.29, 1.82) is 0 Å². The molecule has 0 aliphatic heterocycles. The second-order valence-electron chi connectivity index (χ2n) is 6.44. The van der Waals surface area contributed by atoms with Gasteiger partial charge in [0.1, 0.15) is 4.90 Å². The molecule has 5 nitrogen and oxygen atoms in total. The number of rotatable bonds is 3. The summed E-state index contributed by atoms with van der Waals surface area (Å²) in [5.41, 5.74) is -0.963. The van der Waals surface area contributed by atoms with Crippen LogP contribution in [-0.4, -0.2) is 36.4 Å². The molecule has 4 atom stereocenters. The molecule has 23 heavy (non-hydrogen) atoms. The van der Waals surface area contributed by atoms with Crippen LogP contribution in [0.2, 0.25) is 5.02 Å². The maximum Gasteiger partial charge on any atom is 0.242 e. The fourth-order valence-electron chi connectivity index (χ4n) is 3.92. The summed E-state index contributed by atoms with van der Waals surface area (Å²) in [6.07, 6.45) is -0.198. The summed E-state index contributed by atoms with van der Waals surface area (Å²) in [6, 6.07) is 5.15. The zero-order chi connectivity index (χ0) is 16.4. The topological polar surface area (TPSA) is 86.6 Å². The number of aliphatic hydroxyl groups is 2. The van der Waals surface area contributed by atoms with E-state index in [1.807, 2.05) is 0 Å². The number of thiophene rings is 1. The summed E-state index contributed by atoms with van der Waals surface area (Å²) in [5, 5.41) is 22.9. The molecule has 4 rings (SSSR count). The smallest absolute Gasteiger partial charge is 0.242 e. The molecule has 3 N–H and O–H groups in total. The summed E-state index contributed by atoms with van der Waals surface area (Å²) < 4.78 is 29.3. The Hall–Kier alpha value is -0.700. The molecule has 0 spiro atoms. The number of nitrogens with one attached hydrogen (secondary N) is 1. The van der Waals surface area contributed by atoms with Crippen LogP contribution in [0.3, 0.4) is 0 Å². The van der Waals surface area contributed by atoms with Gasteiger partial charge in [-0.3, -0.25) is 0 Å². The molecule has 2 aliphatic carbocycles. The first-order chi connectivity index (χ1) is 10.8. The summed E-state index contributed by atoms with van der Waals surface area (Å²) in [4.78, 5) is 0.173. The number of hydrogen-bond donors (Lipinski definition) is 3. The van der Waals surface area contributed by atoms with Crippen molar-refractivity contribution in [2.45, 2.75) is 41.9 Å². The molecule has 1 heterocycles. The molecule has 0 amide bonds. The van der Waals surface area contributed by atoms with E-state index in [0.29, 0.717) is 23.3 Å². The monoisotopic (exact) mass is 373 g/mol. The van der Waals surface area contributed by atoms with Crippen molar-refractivity contribution in [2.24, 2.45) is 5.92 Å². The fourth-order valence-corrected chi connectivity index (χ4v) is 7.02. The molecular formula is C15H16ClNO4S2. The third-order valence-electron chi connectivity index (χ3n) is 5.09. The Morgan fingerprint density at radius 3 is 2.83 bits per heavy atom. The molecule has 2 bridgehead atoms. The molecule has 2 fully saturated rings. The van der Waals surface area contributed by atoms with Crippen LogP contribution in [0.5, 0.6) is 0 Å². The SMILES string of the molecule is O=S(=O)(NC12CCC(C1)[C@H](O)[C@@H]2O)c1csc2ccc(Cl)cc12. The highest BCUT2D eigenvalue weighted by atomic mass is 35.5. The second kappa shape index (κ2) is 5.15. The predicted octanol–water partition coefficient (Wildman–Crippen LogP) is 2.11. The van der Waals surface area contributed by atoms with Crippen LogP contribution in [0.1, 0.15) is 19.3 Å². The van der Waals surface area contributed by atoms with Gasteiger partial charge in [-0.1, -0.05) is 11.6 Å². The van der Waals surface area contributed by atoms with E-state index in [1.54, 1.807) is 23.6 Å². The minimum atomic E-state index is -3.81. The highest BCUT2D eigenvalue weighted by Gasteiger charge is 2.58. The first kappa shape index (κ1) is 15.8. The summed E-state index contributed by atoms with van der Waals surface area (Å²) >= 11 is 7.32. The van der Waals surface area contributed by atoms with Crippen molar-refractivity contribution in [2.75, 3.05) is 0 Å². The molecule has 1 aromatic carbocycles. The standard InChI is InChI=1S/C15H16ClNO4S2/c16-9-1-2-11-10(5-9)12(7-22-11)23(20,21)17-15-4-3-8(6-15)13(18)14(15)19/h1-2,5,7-8,13-14,17-19H,3-4,6H2/t8?,13-,14-,15?/m0/s1. The minimum Gasteiger partial charge on any atom is -0.390 e. The van der Waals surface area contributed by atoms with Crippen LogP contribution >= 0.6 is 22.9 Å². The van der Waals surface area contributed by atoms with Gasteiger partial charge < -0.3 is 10.2 Å². The van der Waals surface area contributed by atoms with Gasteiger partial charge in [-0.15, -0.1) is 11.3 Å². The van der Waals surface area contributed by atoms with Gasteiger partial charge >= 0.3 is 0 Å². The molecule has 2 unspecified atom stereocenters. The summed E-state index contributed by atoms with van der Waals surface area (Å²) in [5.74, 6) is -0.0404. The maximum absolute atomic E-state index is 12.9. The Bertz CT molecular complexity index is 881. The Morgan fingerprint density at radius 1 is 1.35 bits per heavy atom. The van der Waals surface area contributed by atoms with E-state index in [4.69, 9.17) is 11.6 Å². The van der Waals surface area contributed by atoms with Gasteiger partial charge in [-0.05, 0) is 43.4 Å². The average Bonchev–Trinajstić information content (AvgIpc) is 3.14. The van der Waals surface area contributed by atoms with Crippen molar-refractivity contribution < 1.29 is 18.6 Å². The van der Waals surface area contributed by atoms with Crippen molar-refractivity contribution >= 4 is 43.0 Å². The predicted molar refractivity (Wildman–Crippen MR) is 89.2 cm³/mol. The number of benzene rings is 1. The van der Waals surface area contributed by atoms with Crippen molar-refractivity contribution in [3.8, 4) is 0 Å². The third-order valence-corrected chi connectivity index (χ3v) is 8.03. The zero-order valence-electron chi connectivity index (χ0n) is 12.1. The van der Waals surface area contributed by atoms with E-state index < -0.39 is 27.8 Å². The van der Waals surface area contributed by atoms with E-state index >= 15 is 0 Å². The first-order valence-corrected chi connectivity index (χ1v) is 10.1. The Balaban J connectivity index is 1.74. The van der Waals surface area contributed by atoms with Gasteiger partial charge in [-0.25, -0.2) is 13.1 Å². The minimum absolute atomic E-state index is 0.0404. The fraction of sp³-hybridized carbons (Fsp3) is 0.467. The van der Waals surface area contributed by atoms with Crippen molar-refractivity contribution in [3.05, 3.63) is 28.6 Å². The van der Waals surface area contributed by atoms with Gasteiger partial charge in [0.05, 0.1) is 17.7 Å². The largest absolute Gasteiger partial charge is 0.390 e. The third kappa shape index (κ3) is 2.33. The first-order valence-electron chi connectivity index (χ1n) is 7.39. The summed E-state index contributed by atoms with van der Waals surface area (Å²) in [7, 11) is -3.81. The van der Waals surface area contributed by atoms with Crippen LogP contribution < -0.4 is 4.72 Å². The normalized spacial score (nSPS) is 33.6. The van der Waals surface area contributed by atoms with Crippen LogP contribution in [0.15, 0.2) is 28.5 Å². The van der Waals surface area contributed by atoms with Gasteiger partial charge in [0.15, 0.2) is 0 Å². The molecule has 2 saturated carbocycles. The molecule has 2 aromatic rings. The van der Waals surface area contributed by atoms with Crippen LogP contribution in [0.4, 0.5) is 0 Å². The lowest BCUT2D eigenvalue weighted by atomic mass is 9.90. The molecule has 1 aromatic heterocycles. The molecule has 0 saturated heterocycles. The van der Waals surface area contributed by atoms with Gasteiger partial charge in [0.2, 0.25) is 10.0 Å². The van der Waals surface area contributed by atoms with Crippen LogP contribution in [0.25, 0.3) is 10.1 Å². The molecule has 124 valence electrons. The summed E-state index contributed by atoms with van der Waals surface area (Å²) in [6.45, 7) is 0. The number of fused-ring (bicyclic) bond motifs is 3. The van der Waals surface area contributed by atoms with Gasteiger partial charge in [-0.2, -0.15) is 0 Å². The molecule has 2 aliphatic rings.